The van der Waals surface area contributed by atoms with Crippen molar-refractivity contribution in [3.05, 3.63) is 12.2 Å². The van der Waals surface area contributed by atoms with E-state index in [0.717, 1.165) is 95.4 Å². The first-order valence-electron chi connectivity index (χ1n) is 30.9. The van der Waals surface area contributed by atoms with Crippen molar-refractivity contribution in [3.63, 3.8) is 0 Å². The summed E-state index contributed by atoms with van der Waals surface area (Å²) >= 11 is 0. The highest BCUT2D eigenvalue weighted by Gasteiger charge is 2.42. The maximum Gasteiger partial charge on any atom is 0.0102 e. The van der Waals surface area contributed by atoms with Crippen LogP contribution in [0.5, 0.6) is 0 Å². The average molecular weight is 880 g/mol. The summed E-state index contributed by atoms with van der Waals surface area (Å²) in [7, 11) is 0. The average Bonchev–Trinajstić information content (AvgIpc) is 3.38. The first kappa shape index (κ1) is 47.3. The first-order chi connectivity index (χ1) is 31.7. The second kappa shape index (κ2) is 24.0. The minimum absolute atomic E-state index is 0.857. The summed E-state index contributed by atoms with van der Waals surface area (Å²) in [6.45, 7) is 0. The molecule has 10 fully saturated rings. The smallest absolute Gasteiger partial charge is 0.0102 e. The zero-order valence-electron chi connectivity index (χ0n) is 42.4. The van der Waals surface area contributed by atoms with Crippen molar-refractivity contribution in [2.75, 3.05) is 0 Å². The van der Waals surface area contributed by atoms with E-state index in [-0.39, 0.29) is 0 Å². The highest BCUT2D eigenvalue weighted by Crippen LogP contribution is 2.48. The molecule has 64 heavy (non-hydrogen) atoms. The molecule has 0 radical (unpaired) electrons. The van der Waals surface area contributed by atoms with Crippen molar-refractivity contribution < 1.29 is 0 Å². The van der Waals surface area contributed by atoms with Gasteiger partial charge in [-0.15, -0.1) is 0 Å². The van der Waals surface area contributed by atoms with Gasteiger partial charge in [0.05, 0.1) is 0 Å². The molecule has 0 N–H and O–H groups in total. The maximum atomic E-state index is 3.31. The van der Waals surface area contributed by atoms with E-state index in [1.165, 1.54) is 180 Å². The predicted molar refractivity (Wildman–Crippen MR) is 274 cm³/mol. The van der Waals surface area contributed by atoms with Gasteiger partial charge >= 0.3 is 0 Å². The molecule has 0 amide bonds. The van der Waals surface area contributed by atoms with Crippen LogP contribution in [-0.4, -0.2) is 46.1 Å². The third-order valence-electron chi connectivity index (χ3n) is 22.9. The van der Waals surface area contributed by atoms with Gasteiger partial charge in [-0.3, -0.25) is 9.80 Å². The molecule has 0 unspecified atom stereocenters. The van der Waals surface area contributed by atoms with Crippen molar-refractivity contribution in [1.82, 2.24) is 9.80 Å². The topological polar surface area (TPSA) is 6.48 Å². The zero-order valence-corrected chi connectivity index (χ0v) is 42.4. The van der Waals surface area contributed by atoms with Crippen LogP contribution in [0.3, 0.4) is 0 Å². The van der Waals surface area contributed by atoms with Gasteiger partial charge in [0.1, 0.15) is 0 Å². The molecule has 10 rings (SSSR count). The molecule has 364 valence electrons. The molecule has 0 saturated heterocycles. The Labute approximate surface area is 398 Å². The summed E-state index contributed by atoms with van der Waals surface area (Å²) in [5, 5.41) is 0. The largest absolute Gasteiger partial charge is 0.294 e. The number of nitrogens with zero attached hydrogens (tertiary/aromatic N) is 2. The standard InChI is InChI=1S/C62H106N2/c1-5-13-49(14-6-1)53-27-39-59(40-28-53)63(60-41-29-54(30-42-60)50-15-7-2-8-16-50)57-35-23-47(24-36-57)21-22-48-25-37-58(38-26-48)64(61-43-31-55(32-44-61)51-17-9-3-10-18-51)62-45-33-56(34-46-62)52-19-11-4-12-20-52/h21-22,47-62H,1-20,23-46H2/b22-21+. The Hall–Kier alpha value is -0.340. The second-order valence-electron chi connectivity index (χ2n) is 26.3. The summed E-state index contributed by atoms with van der Waals surface area (Å²) in [6.07, 6.45) is 73.0. The Balaban J connectivity index is 0.722. The van der Waals surface area contributed by atoms with Crippen molar-refractivity contribution >= 4 is 0 Å². The quantitative estimate of drug-likeness (QED) is 0.180. The van der Waals surface area contributed by atoms with Gasteiger partial charge in [-0.05, 0) is 213 Å². The molecule has 2 heteroatoms. The molecule has 0 heterocycles. The van der Waals surface area contributed by atoms with Crippen LogP contribution in [0.4, 0.5) is 0 Å². The molecule has 0 bridgehead atoms. The monoisotopic (exact) mass is 879 g/mol. The van der Waals surface area contributed by atoms with E-state index in [4.69, 9.17) is 0 Å². The normalized spacial score (nSPS) is 41.5. The summed E-state index contributed by atoms with van der Waals surface area (Å²) < 4.78 is 0. The van der Waals surface area contributed by atoms with Crippen LogP contribution in [0.1, 0.15) is 283 Å². The van der Waals surface area contributed by atoms with Crippen LogP contribution in [0.25, 0.3) is 0 Å². The Morgan fingerprint density at radius 1 is 0.172 bits per heavy atom. The molecule has 10 aliphatic rings. The van der Waals surface area contributed by atoms with E-state index in [1.54, 1.807) is 103 Å². The molecule has 0 atom stereocenters. The molecule has 0 aromatic carbocycles. The molecule has 0 spiro atoms. The van der Waals surface area contributed by atoms with Crippen molar-refractivity contribution in [2.45, 2.75) is 319 Å². The van der Waals surface area contributed by atoms with E-state index >= 15 is 0 Å². The van der Waals surface area contributed by atoms with Gasteiger partial charge in [-0.25, -0.2) is 0 Å². The summed E-state index contributed by atoms with van der Waals surface area (Å²) in [5.41, 5.74) is 0. The Bertz CT molecular complexity index is 1140. The fraction of sp³-hybridized carbons (Fsp3) is 0.968. The van der Waals surface area contributed by atoms with Crippen molar-refractivity contribution in [2.24, 2.45) is 59.2 Å². The van der Waals surface area contributed by atoms with Crippen LogP contribution in [0.15, 0.2) is 12.2 Å². The van der Waals surface area contributed by atoms with E-state index < -0.39 is 0 Å². The molecule has 10 saturated carbocycles. The molecule has 2 nitrogen and oxygen atoms in total. The van der Waals surface area contributed by atoms with Crippen LogP contribution in [0.2, 0.25) is 0 Å². The van der Waals surface area contributed by atoms with Crippen LogP contribution < -0.4 is 0 Å². The highest BCUT2D eigenvalue weighted by atomic mass is 15.2. The second-order valence-corrected chi connectivity index (χ2v) is 26.3. The third-order valence-corrected chi connectivity index (χ3v) is 22.9. The lowest BCUT2D eigenvalue weighted by atomic mass is 9.70. The van der Waals surface area contributed by atoms with Crippen molar-refractivity contribution in [3.8, 4) is 0 Å². The lowest BCUT2D eigenvalue weighted by molar-refractivity contribution is -0.00506. The van der Waals surface area contributed by atoms with Gasteiger partial charge in [-0.2, -0.15) is 0 Å². The Morgan fingerprint density at radius 2 is 0.344 bits per heavy atom. The van der Waals surface area contributed by atoms with Crippen LogP contribution >= 0.6 is 0 Å². The van der Waals surface area contributed by atoms with Gasteiger partial charge in [0.15, 0.2) is 0 Å². The minimum Gasteiger partial charge on any atom is -0.294 e. The molecular formula is C62H106N2. The molecular weight excluding hydrogens is 773 g/mol. The van der Waals surface area contributed by atoms with Gasteiger partial charge in [0, 0.05) is 36.3 Å². The lowest BCUT2D eigenvalue weighted by Gasteiger charge is -2.50. The van der Waals surface area contributed by atoms with Crippen LogP contribution in [0, 0.1) is 59.2 Å². The number of rotatable bonds is 12. The zero-order chi connectivity index (χ0) is 42.9. The van der Waals surface area contributed by atoms with E-state index in [2.05, 4.69) is 22.0 Å². The van der Waals surface area contributed by atoms with Crippen molar-refractivity contribution in [1.29, 1.82) is 0 Å². The molecule has 10 aliphatic carbocycles. The summed E-state index contributed by atoms with van der Waals surface area (Å²) in [5.74, 6) is 10.3. The van der Waals surface area contributed by atoms with Gasteiger partial charge in [-0.1, -0.05) is 141 Å². The maximum absolute atomic E-state index is 3.31. The van der Waals surface area contributed by atoms with Crippen LogP contribution in [-0.2, 0) is 0 Å². The molecule has 0 aliphatic heterocycles. The minimum atomic E-state index is 0.857. The predicted octanol–water partition coefficient (Wildman–Crippen LogP) is 17.8. The van der Waals surface area contributed by atoms with Gasteiger partial charge < -0.3 is 0 Å². The number of hydrogen-bond donors (Lipinski definition) is 0. The van der Waals surface area contributed by atoms with E-state index in [1.807, 2.05) is 0 Å². The summed E-state index contributed by atoms with van der Waals surface area (Å²) in [6, 6.07) is 5.38. The molecule has 0 aromatic heterocycles. The van der Waals surface area contributed by atoms with E-state index in [9.17, 15) is 0 Å². The fourth-order valence-corrected chi connectivity index (χ4v) is 19.2. The van der Waals surface area contributed by atoms with E-state index in [0.29, 0.717) is 0 Å². The molecule has 0 aromatic rings. The number of allylic oxidation sites excluding steroid dienone is 2. The Morgan fingerprint density at radius 3 is 0.547 bits per heavy atom. The third kappa shape index (κ3) is 12.1. The Kier molecular flexibility index (Phi) is 17.7. The highest BCUT2D eigenvalue weighted by molar-refractivity contribution is 5.02. The first-order valence-corrected chi connectivity index (χ1v) is 30.9. The van der Waals surface area contributed by atoms with Gasteiger partial charge in [0.2, 0.25) is 0 Å². The summed E-state index contributed by atoms with van der Waals surface area (Å²) in [4.78, 5) is 6.62. The fourth-order valence-electron chi connectivity index (χ4n) is 19.2. The SMILES string of the molecule is C(=C\C1CCC(N(C2CCC(C3CCCCC3)CC2)C2CCC(C3CCCCC3)CC2)CC1)/C1CCC(N(C2CCC(C3CCCCC3)CC2)C2CCC(C3CCCCC3)CC2)CC1. The number of hydrogen-bond acceptors (Lipinski definition) is 2. The van der Waals surface area contributed by atoms with Gasteiger partial charge in [0.25, 0.3) is 0 Å². The lowest BCUT2D eigenvalue weighted by Crippen LogP contribution is -2.53.